The Morgan fingerprint density at radius 1 is 1.32 bits per heavy atom. The fourth-order valence-electron chi connectivity index (χ4n) is 3.61. The lowest BCUT2D eigenvalue weighted by Gasteiger charge is -2.19. The minimum atomic E-state index is -0.306. The highest BCUT2D eigenvalue weighted by Crippen LogP contribution is 2.28. The maximum Gasteiger partial charge on any atom is 0.257 e. The van der Waals surface area contributed by atoms with Crippen molar-refractivity contribution in [3.63, 3.8) is 0 Å². The molecule has 1 fully saturated rings. The Morgan fingerprint density at radius 2 is 2.08 bits per heavy atom. The number of rotatable bonds is 5. The molecule has 0 unspecified atom stereocenters. The van der Waals surface area contributed by atoms with Gasteiger partial charge in [-0.05, 0) is 31.4 Å². The summed E-state index contributed by atoms with van der Waals surface area (Å²) in [6.45, 7) is 2.23. The summed E-state index contributed by atoms with van der Waals surface area (Å²) < 4.78 is 2.00. The van der Waals surface area contributed by atoms with E-state index in [0.717, 1.165) is 23.5 Å². The molecule has 0 atom stereocenters. The molecule has 5 nitrogen and oxygen atoms in total. The van der Waals surface area contributed by atoms with E-state index in [1.54, 1.807) is 12.3 Å². The first-order valence-electron chi connectivity index (χ1n) is 8.94. The zero-order valence-corrected chi connectivity index (χ0v) is 14.9. The van der Waals surface area contributed by atoms with Crippen LogP contribution in [0.25, 0.3) is 0 Å². The van der Waals surface area contributed by atoms with Crippen molar-refractivity contribution < 1.29 is 4.79 Å². The van der Waals surface area contributed by atoms with Gasteiger partial charge in [0.15, 0.2) is 5.43 Å². The first-order chi connectivity index (χ1) is 12.1. The standard InChI is InChI=1S/C20H25N3O2/c1-14-11-18(24)19(17(23(14)2)12-15-7-3-4-8-15)20(25)22-13-16-9-5-6-10-21-16/h5-6,9-11,15H,3-4,7-8,12-13H2,1-2H3,(H,22,25). The van der Waals surface area contributed by atoms with Crippen LogP contribution in [0, 0.1) is 12.8 Å². The average molecular weight is 339 g/mol. The molecule has 0 saturated heterocycles. The molecule has 2 aromatic rings. The van der Waals surface area contributed by atoms with Crippen LogP contribution in [0.4, 0.5) is 0 Å². The molecule has 132 valence electrons. The van der Waals surface area contributed by atoms with E-state index in [2.05, 4.69) is 10.3 Å². The van der Waals surface area contributed by atoms with Crippen molar-refractivity contribution in [2.75, 3.05) is 0 Å². The number of aryl methyl sites for hydroxylation is 1. The van der Waals surface area contributed by atoms with E-state index in [9.17, 15) is 9.59 Å². The highest BCUT2D eigenvalue weighted by molar-refractivity contribution is 5.95. The van der Waals surface area contributed by atoms with Gasteiger partial charge >= 0.3 is 0 Å². The van der Waals surface area contributed by atoms with Gasteiger partial charge in [-0.2, -0.15) is 0 Å². The Hall–Kier alpha value is -2.43. The van der Waals surface area contributed by atoms with Crippen molar-refractivity contribution in [2.24, 2.45) is 13.0 Å². The molecule has 0 bridgehead atoms. The number of nitrogens with one attached hydrogen (secondary N) is 1. The van der Waals surface area contributed by atoms with Crippen LogP contribution in [0.3, 0.4) is 0 Å². The van der Waals surface area contributed by atoms with Crippen molar-refractivity contribution in [3.05, 3.63) is 63.3 Å². The number of nitrogens with zero attached hydrogens (tertiary/aromatic N) is 2. The van der Waals surface area contributed by atoms with Crippen LogP contribution in [0.2, 0.25) is 0 Å². The largest absolute Gasteiger partial charge is 0.351 e. The lowest BCUT2D eigenvalue weighted by Crippen LogP contribution is -2.32. The number of hydrogen-bond donors (Lipinski definition) is 1. The predicted octanol–water partition coefficient (Wildman–Crippen LogP) is 2.75. The minimum Gasteiger partial charge on any atom is -0.351 e. The topological polar surface area (TPSA) is 64.0 Å². The lowest BCUT2D eigenvalue weighted by atomic mass is 9.97. The molecule has 5 heteroatoms. The van der Waals surface area contributed by atoms with Crippen LogP contribution >= 0.6 is 0 Å². The van der Waals surface area contributed by atoms with E-state index in [1.807, 2.05) is 36.7 Å². The molecule has 2 heterocycles. The Kier molecular flexibility index (Phi) is 5.31. The van der Waals surface area contributed by atoms with Gasteiger partial charge in [-0.3, -0.25) is 14.6 Å². The van der Waals surface area contributed by atoms with Gasteiger partial charge in [-0.1, -0.05) is 31.7 Å². The summed E-state index contributed by atoms with van der Waals surface area (Å²) in [5.41, 5.74) is 2.62. The average Bonchev–Trinajstić information content (AvgIpc) is 3.11. The summed E-state index contributed by atoms with van der Waals surface area (Å²) in [6, 6.07) is 7.12. The van der Waals surface area contributed by atoms with Crippen LogP contribution in [0.5, 0.6) is 0 Å². The van der Waals surface area contributed by atoms with Gasteiger partial charge in [0.1, 0.15) is 5.56 Å². The molecule has 1 saturated carbocycles. The molecule has 25 heavy (non-hydrogen) atoms. The van der Waals surface area contributed by atoms with Gasteiger partial charge in [-0.15, -0.1) is 0 Å². The van der Waals surface area contributed by atoms with Crippen molar-refractivity contribution in [3.8, 4) is 0 Å². The molecule has 0 aliphatic heterocycles. The molecule has 0 radical (unpaired) electrons. The molecule has 0 aromatic carbocycles. The first-order valence-corrected chi connectivity index (χ1v) is 8.94. The predicted molar refractivity (Wildman–Crippen MR) is 97.5 cm³/mol. The molecule has 1 amide bonds. The van der Waals surface area contributed by atoms with Gasteiger partial charge in [0, 0.05) is 30.7 Å². The van der Waals surface area contributed by atoms with E-state index < -0.39 is 0 Å². The number of pyridine rings is 2. The molecule has 3 rings (SSSR count). The Bertz CT molecular complexity index is 806. The molecule has 0 spiro atoms. The summed E-state index contributed by atoms with van der Waals surface area (Å²) >= 11 is 0. The molecule has 1 aliphatic rings. The first kappa shape index (κ1) is 17.4. The zero-order chi connectivity index (χ0) is 17.8. The second kappa shape index (κ2) is 7.64. The zero-order valence-electron chi connectivity index (χ0n) is 14.9. The smallest absolute Gasteiger partial charge is 0.257 e. The molecule has 1 aliphatic carbocycles. The second-order valence-electron chi connectivity index (χ2n) is 6.89. The quantitative estimate of drug-likeness (QED) is 0.911. The molecular formula is C20H25N3O2. The third-order valence-corrected chi connectivity index (χ3v) is 5.15. The highest BCUT2D eigenvalue weighted by atomic mass is 16.2. The Balaban J connectivity index is 1.86. The van der Waals surface area contributed by atoms with Crippen molar-refractivity contribution >= 4 is 5.91 Å². The van der Waals surface area contributed by atoms with Crippen LogP contribution in [-0.2, 0) is 20.0 Å². The van der Waals surface area contributed by atoms with E-state index in [0.29, 0.717) is 12.5 Å². The van der Waals surface area contributed by atoms with Crippen LogP contribution in [0.15, 0.2) is 35.3 Å². The third-order valence-electron chi connectivity index (χ3n) is 5.15. The molecular weight excluding hydrogens is 314 g/mol. The van der Waals surface area contributed by atoms with Gasteiger partial charge in [0.2, 0.25) is 0 Å². The Morgan fingerprint density at radius 3 is 2.76 bits per heavy atom. The van der Waals surface area contributed by atoms with Gasteiger partial charge in [0.05, 0.1) is 12.2 Å². The van der Waals surface area contributed by atoms with Gasteiger partial charge in [-0.25, -0.2) is 0 Å². The normalized spacial score (nSPS) is 14.6. The number of carbonyl (C=O) groups excluding carboxylic acids is 1. The number of amides is 1. The molecule has 2 aromatic heterocycles. The second-order valence-corrected chi connectivity index (χ2v) is 6.89. The maximum atomic E-state index is 12.7. The van der Waals surface area contributed by atoms with Gasteiger partial charge < -0.3 is 9.88 Å². The maximum absolute atomic E-state index is 12.7. The summed E-state index contributed by atoms with van der Waals surface area (Å²) in [6.07, 6.45) is 7.32. The highest BCUT2D eigenvalue weighted by Gasteiger charge is 2.23. The van der Waals surface area contributed by atoms with Crippen molar-refractivity contribution in [1.29, 1.82) is 0 Å². The number of carbonyl (C=O) groups is 1. The van der Waals surface area contributed by atoms with Crippen LogP contribution < -0.4 is 10.7 Å². The Labute approximate surface area is 148 Å². The summed E-state index contributed by atoms with van der Waals surface area (Å²) in [4.78, 5) is 29.5. The van der Waals surface area contributed by atoms with E-state index >= 15 is 0 Å². The monoisotopic (exact) mass is 339 g/mol. The summed E-state index contributed by atoms with van der Waals surface area (Å²) in [5.74, 6) is 0.258. The van der Waals surface area contributed by atoms with E-state index in [1.165, 1.54) is 25.7 Å². The SMILES string of the molecule is Cc1cc(=O)c(C(=O)NCc2ccccn2)c(CC2CCCC2)n1C. The third kappa shape index (κ3) is 3.98. The summed E-state index contributed by atoms with van der Waals surface area (Å²) in [7, 11) is 1.94. The van der Waals surface area contributed by atoms with Crippen LogP contribution in [0.1, 0.15) is 53.1 Å². The fourth-order valence-corrected chi connectivity index (χ4v) is 3.61. The fraction of sp³-hybridized carbons (Fsp3) is 0.450. The number of aromatic nitrogens is 2. The van der Waals surface area contributed by atoms with E-state index in [4.69, 9.17) is 0 Å². The van der Waals surface area contributed by atoms with Gasteiger partial charge in [0.25, 0.3) is 5.91 Å². The molecule has 1 N–H and O–H groups in total. The summed E-state index contributed by atoms with van der Waals surface area (Å²) in [5, 5.41) is 2.85. The lowest BCUT2D eigenvalue weighted by molar-refractivity contribution is 0.0947. The van der Waals surface area contributed by atoms with Crippen LogP contribution in [-0.4, -0.2) is 15.5 Å². The number of hydrogen-bond acceptors (Lipinski definition) is 3. The van der Waals surface area contributed by atoms with Crippen molar-refractivity contribution in [1.82, 2.24) is 14.9 Å². The van der Waals surface area contributed by atoms with Crippen molar-refractivity contribution in [2.45, 2.75) is 45.6 Å². The van der Waals surface area contributed by atoms with E-state index in [-0.39, 0.29) is 16.9 Å². The minimum absolute atomic E-state index is 0.192.